The van der Waals surface area contributed by atoms with Gasteiger partial charge in [-0.25, -0.2) is 0 Å². The van der Waals surface area contributed by atoms with E-state index in [1.54, 1.807) is 6.20 Å². The number of rotatable bonds is 11. The zero-order valence-electron chi connectivity index (χ0n) is 18.4. The first-order valence-electron chi connectivity index (χ1n) is 11.3. The fourth-order valence-electron chi connectivity index (χ4n) is 3.89. The van der Waals surface area contributed by atoms with E-state index >= 15 is 0 Å². The van der Waals surface area contributed by atoms with E-state index in [2.05, 4.69) is 83.1 Å². The van der Waals surface area contributed by atoms with Crippen LogP contribution in [0.4, 0.5) is 0 Å². The largest absolute Gasteiger partial charge is 0.487 e. The van der Waals surface area contributed by atoms with Crippen LogP contribution in [-0.2, 0) is 13.0 Å². The van der Waals surface area contributed by atoms with E-state index in [4.69, 9.17) is 4.74 Å². The van der Waals surface area contributed by atoms with Gasteiger partial charge < -0.3 is 10.1 Å². The van der Waals surface area contributed by atoms with Gasteiger partial charge in [0.1, 0.15) is 12.4 Å². The number of nitrogens with one attached hydrogen (secondary N) is 1. The molecule has 0 fully saturated rings. The van der Waals surface area contributed by atoms with Gasteiger partial charge >= 0.3 is 0 Å². The summed E-state index contributed by atoms with van der Waals surface area (Å²) in [5.41, 5.74) is 5.00. The van der Waals surface area contributed by atoms with E-state index in [1.165, 1.54) is 16.7 Å². The van der Waals surface area contributed by atoms with Gasteiger partial charge in [0, 0.05) is 12.1 Å². The molecule has 0 atom stereocenters. The van der Waals surface area contributed by atoms with E-state index in [0.717, 1.165) is 37.4 Å². The van der Waals surface area contributed by atoms with Crippen molar-refractivity contribution in [2.75, 3.05) is 13.1 Å². The fraction of sp³-hybridized carbons (Fsp3) is 0.207. The van der Waals surface area contributed by atoms with Gasteiger partial charge in [0.25, 0.3) is 0 Å². The molecule has 1 aromatic heterocycles. The summed E-state index contributed by atoms with van der Waals surface area (Å²) in [4.78, 5) is 4.29. The molecule has 0 saturated heterocycles. The van der Waals surface area contributed by atoms with Gasteiger partial charge in [0.05, 0.1) is 5.69 Å². The van der Waals surface area contributed by atoms with Crippen LogP contribution in [0.25, 0.3) is 0 Å². The summed E-state index contributed by atoms with van der Waals surface area (Å²) in [6.07, 6.45) is 3.87. The highest BCUT2D eigenvalue weighted by molar-refractivity contribution is 5.32. The number of aromatic nitrogens is 1. The van der Waals surface area contributed by atoms with Crippen molar-refractivity contribution in [2.45, 2.75) is 25.4 Å². The van der Waals surface area contributed by atoms with Gasteiger partial charge in [0.2, 0.25) is 0 Å². The molecule has 0 bridgehead atoms. The van der Waals surface area contributed by atoms with E-state index in [0.29, 0.717) is 12.5 Å². The third-order valence-corrected chi connectivity index (χ3v) is 5.64. The van der Waals surface area contributed by atoms with Crippen LogP contribution in [0.2, 0.25) is 0 Å². The Morgan fingerprint density at radius 1 is 0.688 bits per heavy atom. The molecule has 0 aliphatic rings. The van der Waals surface area contributed by atoms with Crippen LogP contribution in [0.5, 0.6) is 5.75 Å². The zero-order valence-corrected chi connectivity index (χ0v) is 18.4. The van der Waals surface area contributed by atoms with E-state index in [1.807, 2.05) is 30.3 Å². The summed E-state index contributed by atoms with van der Waals surface area (Å²) < 4.78 is 5.82. The zero-order chi connectivity index (χ0) is 21.8. The van der Waals surface area contributed by atoms with Crippen LogP contribution in [-0.4, -0.2) is 18.1 Å². The topological polar surface area (TPSA) is 34.1 Å². The number of ether oxygens (including phenoxy) is 1. The second-order valence-electron chi connectivity index (χ2n) is 7.92. The van der Waals surface area contributed by atoms with E-state index < -0.39 is 0 Å². The number of hydrogen-bond acceptors (Lipinski definition) is 3. The van der Waals surface area contributed by atoms with Crippen molar-refractivity contribution in [1.29, 1.82) is 0 Å². The van der Waals surface area contributed by atoms with Crippen molar-refractivity contribution in [3.63, 3.8) is 0 Å². The second kappa shape index (κ2) is 11.8. The summed E-state index contributed by atoms with van der Waals surface area (Å²) in [6, 6.07) is 35.8. The Morgan fingerprint density at radius 3 is 1.97 bits per heavy atom. The van der Waals surface area contributed by atoms with Crippen molar-refractivity contribution >= 4 is 0 Å². The van der Waals surface area contributed by atoms with Crippen LogP contribution < -0.4 is 10.1 Å². The highest BCUT2D eigenvalue weighted by atomic mass is 16.5. The number of benzene rings is 3. The van der Waals surface area contributed by atoms with Crippen LogP contribution in [0.15, 0.2) is 109 Å². The average Bonchev–Trinajstić information content (AvgIpc) is 2.87. The summed E-state index contributed by atoms with van der Waals surface area (Å²) in [5, 5.41) is 3.63. The first kappa shape index (κ1) is 21.8. The van der Waals surface area contributed by atoms with Gasteiger partial charge in [-0.05, 0) is 66.9 Å². The quantitative estimate of drug-likeness (QED) is 0.300. The minimum atomic E-state index is 0.417. The van der Waals surface area contributed by atoms with Crippen LogP contribution in [0.1, 0.15) is 34.7 Å². The first-order chi connectivity index (χ1) is 15.9. The van der Waals surface area contributed by atoms with Crippen LogP contribution in [0, 0.1) is 0 Å². The lowest BCUT2D eigenvalue weighted by molar-refractivity contribution is 0.301. The monoisotopic (exact) mass is 422 g/mol. The Hall–Kier alpha value is -3.43. The summed E-state index contributed by atoms with van der Waals surface area (Å²) in [5.74, 6) is 1.29. The first-order valence-corrected chi connectivity index (χ1v) is 11.3. The van der Waals surface area contributed by atoms with Gasteiger partial charge in [-0.1, -0.05) is 78.9 Å². The third-order valence-electron chi connectivity index (χ3n) is 5.64. The molecule has 3 heteroatoms. The van der Waals surface area contributed by atoms with Crippen molar-refractivity contribution in [3.05, 3.63) is 132 Å². The maximum absolute atomic E-state index is 5.82. The molecule has 0 amide bonds. The van der Waals surface area contributed by atoms with E-state index in [-0.39, 0.29) is 0 Å². The maximum Gasteiger partial charge on any atom is 0.130 e. The highest BCUT2D eigenvalue weighted by Crippen LogP contribution is 2.27. The SMILES string of the molecule is c1ccc(C(CCNCCc2ccc(OCc3ccccn3)cc2)c2ccccc2)cc1. The van der Waals surface area contributed by atoms with E-state index in [9.17, 15) is 0 Å². The molecule has 0 radical (unpaired) electrons. The normalized spacial score (nSPS) is 10.9. The predicted octanol–water partition coefficient (Wildman–Crippen LogP) is 6.01. The Morgan fingerprint density at radius 2 is 1.34 bits per heavy atom. The summed E-state index contributed by atoms with van der Waals surface area (Å²) in [6.45, 7) is 2.44. The Kier molecular flexibility index (Phi) is 8.05. The maximum atomic E-state index is 5.82. The Bertz CT molecular complexity index is 995. The lowest BCUT2D eigenvalue weighted by Crippen LogP contribution is -2.20. The molecule has 3 nitrogen and oxygen atoms in total. The lowest BCUT2D eigenvalue weighted by Gasteiger charge is -2.18. The molecule has 0 unspecified atom stereocenters. The standard InChI is InChI=1S/C29H30N2O/c1-3-9-25(10-4-1)29(26-11-5-2-6-12-26)19-22-30-21-18-24-14-16-28(17-15-24)32-23-27-13-7-8-20-31-27/h1-17,20,29-30H,18-19,21-23H2. The van der Waals surface area contributed by atoms with Gasteiger partial charge in [-0.15, -0.1) is 0 Å². The lowest BCUT2D eigenvalue weighted by atomic mass is 9.88. The van der Waals surface area contributed by atoms with Crippen LogP contribution in [0.3, 0.4) is 0 Å². The molecular weight excluding hydrogens is 392 g/mol. The smallest absolute Gasteiger partial charge is 0.130 e. The molecule has 4 aromatic rings. The molecule has 3 aromatic carbocycles. The van der Waals surface area contributed by atoms with Crippen molar-refractivity contribution in [3.8, 4) is 5.75 Å². The van der Waals surface area contributed by atoms with Crippen molar-refractivity contribution in [1.82, 2.24) is 10.3 Å². The third kappa shape index (κ3) is 6.53. The number of hydrogen-bond donors (Lipinski definition) is 1. The molecular formula is C29H30N2O. The number of nitrogens with zero attached hydrogens (tertiary/aromatic N) is 1. The molecule has 0 saturated carbocycles. The Balaban J connectivity index is 1.22. The molecule has 32 heavy (non-hydrogen) atoms. The van der Waals surface area contributed by atoms with Gasteiger partial charge in [-0.2, -0.15) is 0 Å². The van der Waals surface area contributed by atoms with Crippen molar-refractivity contribution < 1.29 is 4.74 Å². The second-order valence-corrected chi connectivity index (χ2v) is 7.92. The summed E-state index contributed by atoms with van der Waals surface area (Å²) >= 11 is 0. The Labute approximate surface area is 191 Å². The average molecular weight is 423 g/mol. The summed E-state index contributed by atoms with van der Waals surface area (Å²) in [7, 11) is 0. The molecule has 162 valence electrons. The minimum Gasteiger partial charge on any atom is -0.487 e. The number of pyridine rings is 1. The van der Waals surface area contributed by atoms with Gasteiger partial charge in [-0.3, -0.25) is 4.98 Å². The molecule has 0 aliphatic carbocycles. The highest BCUT2D eigenvalue weighted by Gasteiger charge is 2.13. The van der Waals surface area contributed by atoms with Crippen LogP contribution >= 0.6 is 0 Å². The fourth-order valence-corrected chi connectivity index (χ4v) is 3.89. The molecule has 0 aliphatic heterocycles. The minimum absolute atomic E-state index is 0.417. The molecule has 1 heterocycles. The molecule has 0 spiro atoms. The molecule has 4 rings (SSSR count). The predicted molar refractivity (Wildman–Crippen MR) is 131 cm³/mol. The van der Waals surface area contributed by atoms with Crippen molar-refractivity contribution in [2.24, 2.45) is 0 Å². The molecule has 1 N–H and O–H groups in total. The van der Waals surface area contributed by atoms with Gasteiger partial charge in [0.15, 0.2) is 0 Å².